The van der Waals surface area contributed by atoms with Crippen LogP contribution in [0, 0.1) is 63.1 Å². The first kappa shape index (κ1) is 149. The van der Waals surface area contributed by atoms with Crippen LogP contribution in [0.4, 0.5) is 0 Å². The molecular weight excluding hydrogens is 1610 g/mol. The van der Waals surface area contributed by atoms with E-state index < -0.39 is 16.2 Å². The van der Waals surface area contributed by atoms with Crippen molar-refractivity contribution in [3.05, 3.63) is 0 Å². The van der Waals surface area contributed by atoms with Gasteiger partial charge in [-0.3, -0.25) is 33.6 Å². The van der Waals surface area contributed by atoms with Crippen LogP contribution in [0.15, 0.2) is 0 Å². The normalized spacial score (nSPS) is 20.2. The monoisotopic (exact) mass is 1830 g/mol. The molecule has 21 nitrogen and oxygen atoms in total. The van der Waals surface area contributed by atoms with Gasteiger partial charge < -0.3 is 66.3 Å². The molecule has 0 aliphatic heterocycles. The fourth-order valence-corrected chi connectivity index (χ4v) is 15.1. The van der Waals surface area contributed by atoms with E-state index in [2.05, 4.69) is 0 Å². The summed E-state index contributed by atoms with van der Waals surface area (Å²) in [5.41, 5.74) is -1.57. The second kappa shape index (κ2) is 83.8. The number of hydrogen-bond donors (Lipinski definition) is 0. The fraction of sp³-hybridized carbons (Fsp3) is 0.934. The van der Waals surface area contributed by atoms with Crippen molar-refractivity contribution < 1.29 is 99.9 Å². The third-order valence-corrected chi connectivity index (χ3v) is 25.7. The Morgan fingerprint density at radius 3 is 0.567 bits per heavy atom. The average molecular weight is 1830 g/mol. The molecule has 0 heterocycles. The molecule has 0 spiro atoms. The van der Waals surface area contributed by atoms with Crippen molar-refractivity contribution >= 4 is 41.8 Å². The zero-order chi connectivity index (χ0) is 83.7. The van der Waals surface area contributed by atoms with Crippen LogP contribution in [0.5, 0.6) is 0 Å². The molecule has 0 N–H and O–H groups in total. The summed E-state index contributed by atoms with van der Waals surface area (Å²) in [6.45, 7) is 35.7. The van der Waals surface area contributed by atoms with Gasteiger partial charge in [0.2, 0.25) is 0 Å². The molecule has 127 heavy (non-hydrogen) atoms. The topological polar surface area (TPSA) is 249 Å². The number of rotatable bonds is 35. The minimum Gasteiger partial charge on any atom is -0.438 e. The molecule has 10 aliphatic carbocycles. The first-order chi connectivity index (χ1) is 53.9. The minimum absolute atomic E-state index is 0. The van der Waals surface area contributed by atoms with Crippen LogP contribution in [-0.2, 0) is 99.9 Å². The van der Waals surface area contributed by atoms with Crippen molar-refractivity contribution in [2.45, 2.75) is 541 Å². The van der Waals surface area contributed by atoms with Crippen LogP contribution in [0.25, 0.3) is 0 Å². The van der Waals surface area contributed by atoms with Gasteiger partial charge in [0.15, 0.2) is 47.6 Å². The molecule has 0 radical (unpaired) electrons. The van der Waals surface area contributed by atoms with E-state index in [9.17, 15) is 33.6 Å². The SMILES string of the molecule is C.C.C.C.C.C.C.C.C.C.C.C.C.C.CCC(C)(C)C(=O)OCOC1C2CC3CC(C2)CC1C3.CCC(C)(C)C(=O)OCOC1CCCC1.CCC(C)(C)C(=O)OCOC1CCCCC1.CCC(C)(C)C(=O)OCOC1CCCCCC1.CCC(C)C(=O)OCOC1CCCC1.CCC(C)C(=O)OCOC1CCCCC1.CCC(C)C(=O)OCOC1CCCCCC1. The van der Waals surface area contributed by atoms with Gasteiger partial charge in [-0.15, -0.1) is 0 Å². The molecule has 0 amide bonds. The van der Waals surface area contributed by atoms with Crippen LogP contribution in [-0.4, -0.2) is 132 Å². The van der Waals surface area contributed by atoms with Crippen molar-refractivity contribution in [1.29, 1.82) is 0 Å². The lowest BCUT2D eigenvalue weighted by Crippen LogP contribution is -2.49. The summed E-state index contributed by atoms with van der Waals surface area (Å²) in [6.07, 6.45) is 50.6. The van der Waals surface area contributed by atoms with E-state index in [0.29, 0.717) is 36.6 Å². The van der Waals surface area contributed by atoms with E-state index in [1.165, 1.54) is 148 Å². The maximum absolute atomic E-state index is 11.9. The summed E-state index contributed by atoms with van der Waals surface area (Å²) in [7, 11) is 0. The molecule has 0 saturated heterocycles. The Labute approximate surface area is 789 Å². The third-order valence-electron chi connectivity index (χ3n) is 25.7. The van der Waals surface area contributed by atoms with Gasteiger partial charge in [-0.2, -0.15) is 0 Å². The molecular formula is C106H222O21. The van der Waals surface area contributed by atoms with Crippen molar-refractivity contribution in [3.63, 3.8) is 0 Å². The number of carbonyl (C=O) groups excluding carboxylic acids is 7. The highest BCUT2D eigenvalue weighted by molar-refractivity contribution is 5.77. The molecule has 10 saturated carbocycles. The molecule has 0 aromatic heterocycles. The first-order valence-electron chi connectivity index (χ1n) is 45.4. The zero-order valence-electron chi connectivity index (χ0n) is 74.8. The smallest absolute Gasteiger partial charge is 0.313 e. The second-order valence-corrected chi connectivity index (χ2v) is 36.4. The lowest BCUT2D eigenvalue weighted by Gasteiger charge is -2.53. The van der Waals surface area contributed by atoms with Crippen molar-refractivity contribution in [3.8, 4) is 0 Å². The van der Waals surface area contributed by atoms with Crippen molar-refractivity contribution in [2.24, 2.45) is 63.1 Å². The van der Waals surface area contributed by atoms with E-state index in [4.69, 9.17) is 66.3 Å². The zero-order valence-corrected chi connectivity index (χ0v) is 74.8. The molecule has 10 aliphatic rings. The summed E-state index contributed by atoms with van der Waals surface area (Å²) >= 11 is 0. The maximum atomic E-state index is 11.9. The summed E-state index contributed by atoms with van der Waals surface area (Å²) in [5.74, 6) is 2.27. The Morgan fingerprint density at radius 1 is 0.236 bits per heavy atom. The van der Waals surface area contributed by atoms with Crippen LogP contribution in [0.2, 0.25) is 0 Å². The number of ether oxygens (including phenoxy) is 14. The third kappa shape index (κ3) is 62.3. The second-order valence-electron chi connectivity index (χ2n) is 36.4. The van der Waals surface area contributed by atoms with E-state index in [1.54, 1.807) is 0 Å². The highest BCUT2D eigenvalue weighted by atomic mass is 16.7. The van der Waals surface area contributed by atoms with Gasteiger partial charge in [0, 0.05) is 0 Å². The van der Waals surface area contributed by atoms with Gasteiger partial charge in [-0.05, 0) is 233 Å². The highest BCUT2D eigenvalue weighted by Crippen LogP contribution is 2.55. The Bertz CT molecular complexity index is 2510. The largest absolute Gasteiger partial charge is 0.438 e. The molecule has 10 rings (SSSR count). The Balaban J connectivity index is -0.000000120. The molecule has 3 unspecified atom stereocenters. The minimum atomic E-state index is -0.396. The number of carbonyl (C=O) groups is 7. The Morgan fingerprint density at radius 2 is 0.394 bits per heavy atom. The molecule has 10 fully saturated rings. The number of esters is 7. The molecule has 4 bridgehead atoms. The number of hydrogen-bond acceptors (Lipinski definition) is 21. The van der Waals surface area contributed by atoms with E-state index >= 15 is 0 Å². The standard InChI is InChI=1S/C17H28O3.C14H26O3.2C13H24O3.2C12H22O3.C11H20O3.14CH4/c1-4-17(2,3)16(18)20-10-19-15-13-6-11-5-12(8-13)9-14(15)7-11;1-4-14(2,3)13(15)17-11-16-12-9-7-5-6-8-10-12;1-4-13(2,3)12(14)16-10-15-11-8-6-5-7-9-11;1-3-11(2)13(14)16-10-15-12-8-6-4-5-7-9-12;1-4-12(2,3)11(13)15-9-14-10-7-5-6-8-10;1-3-10(2)12(13)15-9-14-11-7-5-4-6-8-11;1-3-9(2)11(12)14-8-13-10-6-4-5-7-10;;;;;;;;;;;;;;/h11-15H,4-10H2,1-3H3;12H,4-11H2,1-3H3;11H,4-10H2,1-3H3;11-12H,3-10H2,1-2H3;10H,4-9H2,1-3H3;10-11H,3-9H2,1-2H3;9-10H,3-8H2,1-2H3;14*1H4. The van der Waals surface area contributed by atoms with Gasteiger partial charge in [0.1, 0.15) is 0 Å². The lowest BCUT2D eigenvalue weighted by atomic mass is 9.55. The van der Waals surface area contributed by atoms with Gasteiger partial charge in [-0.1, -0.05) is 289 Å². The Hall–Kier alpha value is -3.99. The van der Waals surface area contributed by atoms with Gasteiger partial charge in [0.05, 0.1) is 82.1 Å². The van der Waals surface area contributed by atoms with Gasteiger partial charge >= 0.3 is 41.8 Å². The summed E-state index contributed by atoms with van der Waals surface area (Å²) in [5, 5.41) is 0. The van der Waals surface area contributed by atoms with E-state index in [-0.39, 0.29) is 223 Å². The van der Waals surface area contributed by atoms with E-state index in [0.717, 1.165) is 146 Å². The Kier molecular flexibility index (Phi) is 98.1. The molecule has 772 valence electrons. The van der Waals surface area contributed by atoms with Crippen LogP contribution in [0.1, 0.15) is 498 Å². The highest BCUT2D eigenvalue weighted by Gasteiger charge is 2.49. The van der Waals surface area contributed by atoms with Crippen molar-refractivity contribution in [2.75, 3.05) is 47.6 Å². The lowest BCUT2D eigenvalue weighted by molar-refractivity contribution is -0.193. The van der Waals surface area contributed by atoms with Gasteiger partial charge in [-0.25, -0.2) is 0 Å². The summed E-state index contributed by atoms with van der Waals surface area (Å²) in [6, 6.07) is 0. The van der Waals surface area contributed by atoms with Crippen LogP contribution < -0.4 is 0 Å². The molecule has 0 aromatic rings. The molecule has 21 heteroatoms. The van der Waals surface area contributed by atoms with Crippen LogP contribution >= 0.6 is 0 Å². The summed E-state index contributed by atoms with van der Waals surface area (Å²) in [4.78, 5) is 80.8. The molecule has 0 aromatic carbocycles. The van der Waals surface area contributed by atoms with Gasteiger partial charge in [0.25, 0.3) is 0 Å². The predicted octanol–water partition coefficient (Wildman–Crippen LogP) is 31.1. The molecule has 3 atom stereocenters. The average Bonchev–Trinajstić information content (AvgIpc) is 1.73. The van der Waals surface area contributed by atoms with E-state index in [1.807, 2.05) is 125 Å². The predicted molar refractivity (Wildman–Crippen MR) is 535 cm³/mol. The van der Waals surface area contributed by atoms with Crippen molar-refractivity contribution in [1.82, 2.24) is 0 Å². The fourth-order valence-electron chi connectivity index (χ4n) is 15.1. The quantitative estimate of drug-likeness (QED) is 0.0247. The first-order valence-corrected chi connectivity index (χ1v) is 45.4. The summed E-state index contributed by atoms with van der Waals surface area (Å²) < 4.78 is 75.0. The maximum Gasteiger partial charge on any atom is 0.313 e. The van der Waals surface area contributed by atoms with Crippen LogP contribution in [0.3, 0.4) is 0 Å².